The SMILES string of the molecule is CCc1ccc(N2C(c3ccccc3)=CN3C2=NC2C3C(=O)N(CC(=O)OC)C(=O)N2C)cc1. The number of aryl methyl sites for hydroxylation is 1. The third-order valence-corrected chi connectivity index (χ3v) is 6.40. The summed E-state index contributed by atoms with van der Waals surface area (Å²) in [5.74, 6) is -0.581. The zero-order valence-corrected chi connectivity index (χ0v) is 19.2. The first kappa shape index (κ1) is 21.7. The molecule has 0 bridgehead atoms. The van der Waals surface area contributed by atoms with Gasteiger partial charge in [0.2, 0.25) is 5.96 Å². The molecule has 3 amide bonds. The Hall–Kier alpha value is -4.14. The second-order valence-electron chi connectivity index (χ2n) is 8.32. The van der Waals surface area contributed by atoms with Crippen LogP contribution in [0.1, 0.15) is 18.1 Å². The van der Waals surface area contributed by atoms with Gasteiger partial charge in [-0.3, -0.25) is 24.3 Å². The van der Waals surface area contributed by atoms with E-state index in [1.54, 1.807) is 11.9 Å². The molecule has 0 saturated carbocycles. The molecule has 34 heavy (non-hydrogen) atoms. The van der Waals surface area contributed by atoms with Crippen molar-refractivity contribution in [2.45, 2.75) is 25.6 Å². The molecule has 0 radical (unpaired) electrons. The van der Waals surface area contributed by atoms with E-state index in [-0.39, 0.29) is 0 Å². The number of guanidine groups is 1. The second kappa shape index (κ2) is 8.33. The molecule has 3 aliphatic heterocycles. The molecule has 1 fully saturated rings. The summed E-state index contributed by atoms with van der Waals surface area (Å²) < 4.78 is 4.69. The molecule has 0 aliphatic carbocycles. The number of carbonyl (C=O) groups is 3. The number of fused-ring (bicyclic) bond motifs is 3. The standard InChI is InChI=1S/C25H25N5O4/c1-4-16-10-12-18(13-11-16)30-19(17-8-6-5-7-9-17)14-28-21-22(26-24(28)30)27(2)25(33)29(23(21)32)15-20(31)34-3/h5-14,21-22H,4,15H2,1-3H3. The van der Waals surface area contributed by atoms with Gasteiger partial charge in [-0.05, 0) is 24.1 Å². The number of benzene rings is 2. The number of imide groups is 1. The highest BCUT2D eigenvalue weighted by molar-refractivity contribution is 6.16. The predicted molar refractivity (Wildman–Crippen MR) is 126 cm³/mol. The summed E-state index contributed by atoms with van der Waals surface area (Å²) in [6.07, 6.45) is 2.12. The van der Waals surface area contributed by atoms with Gasteiger partial charge in [0.05, 0.1) is 12.8 Å². The van der Waals surface area contributed by atoms with Crippen LogP contribution in [0.15, 0.2) is 65.8 Å². The smallest absolute Gasteiger partial charge is 0.328 e. The Kier molecular flexibility index (Phi) is 5.31. The maximum absolute atomic E-state index is 13.4. The van der Waals surface area contributed by atoms with E-state index in [2.05, 4.69) is 23.8 Å². The van der Waals surface area contributed by atoms with E-state index < -0.39 is 36.7 Å². The van der Waals surface area contributed by atoms with E-state index in [0.717, 1.165) is 28.3 Å². The molecule has 2 aromatic carbocycles. The van der Waals surface area contributed by atoms with Crippen molar-refractivity contribution in [2.24, 2.45) is 4.99 Å². The molecule has 174 valence electrons. The fraction of sp³-hybridized carbons (Fsp3) is 0.280. The van der Waals surface area contributed by atoms with E-state index in [9.17, 15) is 14.4 Å². The normalized spacial score (nSPS) is 21.4. The molecule has 3 heterocycles. The van der Waals surface area contributed by atoms with Crippen molar-refractivity contribution in [3.8, 4) is 0 Å². The predicted octanol–water partition coefficient (Wildman–Crippen LogP) is 2.50. The third kappa shape index (κ3) is 3.32. The monoisotopic (exact) mass is 459 g/mol. The maximum Gasteiger partial charge on any atom is 0.328 e. The van der Waals surface area contributed by atoms with Crippen molar-refractivity contribution >= 4 is 35.3 Å². The number of hydrogen-bond acceptors (Lipinski definition) is 7. The van der Waals surface area contributed by atoms with Gasteiger partial charge in [-0.2, -0.15) is 0 Å². The molecule has 0 aromatic heterocycles. The summed E-state index contributed by atoms with van der Waals surface area (Å²) in [5, 5.41) is 0. The molecule has 3 aliphatic rings. The van der Waals surface area contributed by atoms with E-state index in [1.165, 1.54) is 17.6 Å². The van der Waals surface area contributed by atoms with E-state index in [1.807, 2.05) is 53.6 Å². The van der Waals surface area contributed by atoms with Gasteiger partial charge in [0.1, 0.15) is 6.54 Å². The van der Waals surface area contributed by atoms with Crippen LogP contribution in [0, 0.1) is 0 Å². The van der Waals surface area contributed by atoms with Crippen LogP contribution in [0.4, 0.5) is 10.5 Å². The first-order chi connectivity index (χ1) is 16.4. The highest BCUT2D eigenvalue weighted by Crippen LogP contribution is 2.40. The highest BCUT2D eigenvalue weighted by Gasteiger charge is 2.55. The van der Waals surface area contributed by atoms with Crippen LogP contribution in [-0.2, 0) is 20.7 Å². The number of amides is 3. The Bertz CT molecular complexity index is 1210. The highest BCUT2D eigenvalue weighted by atomic mass is 16.5. The van der Waals surface area contributed by atoms with Crippen molar-refractivity contribution in [3.05, 3.63) is 71.9 Å². The number of esters is 1. The fourth-order valence-electron chi connectivity index (χ4n) is 4.52. The minimum atomic E-state index is -0.777. The van der Waals surface area contributed by atoms with E-state index in [0.29, 0.717) is 5.96 Å². The van der Waals surface area contributed by atoms with Crippen LogP contribution in [0.2, 0.25) is 0 Å². The lowest BCUT2D eigenvalue weighted by molar-refractivity contribution is -0.148. The lowest BCUT2D eigenvalue weighted by Crippen LogP contribution is -2.65. The molecule has 2 unspecified atom stereocenters. The number of nitrogens with zero attached hydrogens (tertiary/aromatic N) is 5. The molecule has 9 nitrogen and oxygen atoms in total. The van der Waals surface area contributed by atoms with Crippen molar-refractivity contribution in [1.82, 2.24) is 14.7 Å². The lowest BCUT2D eigenvalue weighted by Gasteiger charge is -2.39. The average molecular weight is 460 g/mol. The van der Waals surface area contributed by atoms with Gasteiger partial charge in [0.15, 0.2) is 12.2 Å². The summed E-state index contributed by atoms with van der Waals surface area (Å²) >= 11 is 0. The zero-order chi connectivity index (χ0) is 24.0. The number of anilines is 1. The molecule has 5 rings (SSSR count). The quantitative estimate of drug-likeness (QED) is 0.639. The molecular formula is C25H25N5O4. The Labute approximate surface area is 197 Å². The van der Waals surface area contributed by atoms with Gasteiger partial charge >= 0.3 is 12.0 Å². The minimum absolute atomic E-state index is 0.442. The van der Waals surface area contributed by atoms with Crippen molar-refractivity contribution < 1.29 is 19.1 Å². The van der Waals surface area contributed by atoms with Crippen molar-refractivity contribution in [1.29, 1.82) is 0 Å². The van der Waals surface area contributed by atoms with Crippen LogP contribution in [0.3, 0.4) is 0 Å². The van der Waals surface area contributed by atoms with Crippen molar-refractivity contribution in [2.75, 3.05) is 25.6 Å². The Morgan fingerprint density at radius 1 is 1.06 bits per heavy atom. The first-order valence-corrected chi connectivity index (χ1v) is 11.1. The summed E-state index contributed by atoms with van der Waals surface area (Å²) in [7, 11) is 2.81. The van der Waals surface area contributed by atoms with Gasteiger partial charge in [0.25, 0.3) is 5.91 Å². The third-order valence-electron chi connectivity index (χ3n) is 6.40. The summed E-state index contributed by atoms with van der Waals surface area (Å²) in [5.41, 5.74) is 3.95. The summed E-state index contributed by atoms with van der Waals surface area (Å²) in [6.45, 7) is 1.66. The van der Waals surface area contributed by atoms with Crippen LogP contribution < -0.4 is 4.90 Å². The largest absolute Gasteiger partial charge is 0.468 e. The first-order valence-electron chi connectivity index (χ1n) is 11.1. The number of rotatable bonds is 5. The molecule has 0 N–H and O–H groups in total. The van der Waals surface area contributed by atoms with Crippen LogP contribution >= 0.6 is 0 Å². The molecular weight excluding hydrogens is 434 g/mol. The van der Waals surface area contributed by atoms with Crippen molar-refractivity contribution in [3.63, 3.8) is 0 Å². The number of ether oxygens (including phenoxy) is 1. The maximum atomic E-state index is 13.4. The second-order valence-corrected chi connectivity index (χ2v) is 8.32. The van der Waals surface area contributed by atoms with Crippen LogP contribution in [0.5, 0.6) is 0 Å². The molecule has 2 aromatic rings. The van der Waals surface area contributed by atoms with Gasteiger partial charge < -0.3 is 9.64 Å². The average Bonchev–Trinajstić information content (AvgIpc) is 3.42. The topological polar surface area (TPSA) is 85.8 Å². The van der Waals surface area contributed by atoms with Crippen LogP contribution in [-0.4, -0.2) is 71.5 Å². The zero-order valence-electron chi connectivity index (χ0n) is 19.2. The Balaban J connectivity index is 1.58. The van der Waals surface area contributed by atoms with Gasteiger partial charge in [-0.15, -0.1) is 0 Å². The number of hydrogen-bond donors (Lipinski definition) is 0. The minimum Gasteiger partial charge on any atom is -0.468 e. The lowest BCUT2D eigenvalue weighted by atomic mass is 10.1. The van der Waals surface area contributed by atoms with E-state index in [4.69, 9.17) is 4.99 Å². The van der Waals surface area contributed by atoms with Gasteiger partial charge in [0, 0.05) is 24.5 Å². The number of methoxy groups -OCH3 is 1. The number of carbonyl (C=O) groups excluding carboxylic acids is 3. The molecule has 2 atom stereocenters. The van der Waals surface area contributed by atoms with Gasteiger partial charge in [-0.1, -0.05) is 49.4 Å². The summed E-state index contributed by atoms with van der Waals surface area (Å²) in [4.78, 5) is 49.1. The number of aliphatic imine (C=N–C) groups is 1. The number of urea groups is 1. The molecule has 0 spiro atoms. The Morgan fingerprint density at radius 3 is 2.41 bits per heavy atom. The van der Waals surface area contributed by atoms with Gasteiger partial charge in [-0.25, -0.2) is 9.79 Å². The summed E-state index contributed by atoms with van der Waals surface area (Å²) in [6, 6.07) is 16.7. The van der Waals surface area contributed by atoms with E-state index >= 15 is 0 Å². The van der Waals surface area contributed by atoms with Crippen LogP contribution in [0.25, 0.3) is 5.70 Å². The number of likely N-dealkylation sites (N-methyl/N-ethyl adjacent to an activating group) is 1. The molecule has 9 heteroatoms. The Morgan fingerprint density at radius 2 is 1.76 bits per heavy atom. The fourth-order valence-corrected chi connectivity index (χ4v) is 4.52. The molecule has 1 saturated heterocycles.